The summed E-state index contributed by atoms with van der Waals surface area (Å²) in [6.45, 7) is 1.08. The summed E-state index contributed by atoms with van der Waals surface area (Å²) in [4.78, 5) is 0. The molecule has 0 spiro atoms. The molecule has 0 aromatic heterocycles. The molecular weight excluding hydrogens is 144 g/mol. The smallest absolute Gasteiger partial charge is 0.182 e. The molecule has 0 saturated heterocycles. The Kier molecular flexibility index (Phi) is 1.35. The second kappa shape index (κ2) is 2.34. The highest BCUT2D eigenvalue weighted by atomic mass is 16.6. The lowest BCUT2D eigenvalue weighted by Crippen LogP contribution is -2.14. The van der Waals surface area contributed by atoms with Crippen LogP contribution < -0.4 is 9.47 Å². The first kappa shape index (κ1) is 6.34. The van der Waals surface area contributed by atoms with Crippen LogP contribution in [-0.2, 0) is 5.11 Å². The molecule has 1 radical (unpaired) electrons. The number of hydrogen-bond acceptors (Lipinski definition) is 2. The minimum Gasteiger partial charge on any atom is -0.486 e. The SMILES string of the molecule is [O]c1ccc2c(c1)OCCO2. The highest BCUT2D eigenvalue weighted by Crippen LogP contribution is 2.32. The van der Waals surface area contributed by atoms with E-state index in [0.29, 0.717) is 24.7 Å². The van der Waals surface area contributed by atoms with Crippen LogP contribution in [0.5, 0.6) is 17.2 Å². The molecule has 0 atom stereocenters. The van der Waals surface area contributed by atoms with E-state index in [1.165, 1.54) is 12.1 Å². The minimum atomic E-state index is -0.0470. The minimum absolute atomic E-state index is 0.0470. The number of hydrogen-bond donors (Lipinski definition) is 0. The van der Waals surface area contributed by atoms with Gasteiger partial charge in [0.2, 0.25) is 0 Å². The molecule has 11 heavy (non-hydrogen) atoms. The Labute approximate surface area is 64.2 Å². The third-order valence-corrected chi connectivity index (χ3v) is 1.51. The van der Waals surface area contributed by atoms with Crippen LogP contribution in [0, 0.1) is 0 Å². The first-order valence-electron chi connectivity index (χ1n) is 3.43. The predicted octanol–water partition coefficient (Wildman–Crippen LogP) is 1.60. The molecule has 0 bridgehead atoms. The molecule has 3 nitrogen and oxygen atoms in total. The van der Waals surface area contributed by atoms with E-state index in [0.717, 1.165) is 0 Å². The third kappa shape index (κ3) is 1.09. The standard InChI is InChI=1S/C8H7O3/c9-6-1-2-7-8(5-6)11-4-3-10-7/h1-2,5H,3-4H2. The monoisotopic (exact) mass is 151 g/mol. The molecule has 0 N–H and O–H groups in total. The van der Waals surface area contributed by atoms with Gasteiger partial charge in [0, 0.05) is 6.07 Å². The summed E-state index contributed by atoms with van der Waals surface area (Å²) in [5.41, 5.74) is 0. The zero-order chi connectivity index (χ0) is 7.68. The van der Waals surface area contributed by atoms with Crippen molar-refractivity contribution in [3.63, 3.8) is 0 Å². The lowest BCUT2D eigenvalue weighted by molar-refractivity contribution is 0.170. The van der Waals surface area contributed by atoms with E-state index in [-0.39, 0.29) is 5.75 Å². The van der Waals surface area contributed by atoms with Crippen LogP contribution in [0.4, 0.5) is 0 Å². The largest absolute Gasteiger partial charge is 0.486 e. The zero-order valence-electron chi connectivity index (χ0n) is 5.87. The Morgan fingerprint density at radius 3 is 2.64 bits per heavy atom. The van der Waals surface area contributed by atoms with Crippen LogP contribution >= 0.6 is 0 Å². The van der Waals surface area contributed by atoms with Crippen molar-refractivity contribution in [1.82, 2.24) is 0 Å². The van der Waals surface area contributed by atoms with Crippen LogP contribution in [0.2, 0.25) is 0 Å². The van der Waals surface area contributed by atoms with Crippen LogP contribution in [0.1, 0.15) is 0 Å². The van der Waals surface area contributed by atoms with Gasteiger partial charge in [0.15, 0.2) is 17.2 Å². The van der Waals surface area contributed by atoms with Gasteiger partial charge in [0.25, 0.3) is 0 Å². The molecule has 0 unspecified atom stereocenters. The summed E-state index contributed by atoms with van der Waals surface area (Å²) in [6, 6.07) is 4.54. The van der Waals surface area contributed by atoms with E-state index in [1.54, 1.807) is 6.07 Å². The molecule has 1 aliphatic heterocycles. The summed E-state index contributed by atoms with van der Waals surface area (Å²) >= 11 is 0. The quantitative estimate of drug-likeness (QED) is 0.564. The van der Waals surface area contributed by atoms with Gasteiger partial charge in [-0.05, 0) is 12.1 Å². The number of ether oxygens (including phenoxy) is 2. The molecule has 0 amide bonds. The van der Waals surface area contributed by atoms with Gasteiger partial charge in [-0.25, -0.2) is 0 Å². The molecule has 3 heteroatoms. The van der Waals surface area contributed by atoms with E-state index >= 15 is 0 Å². The molecule has 1 aromatic carbocycles. The van der Waals surface area contributed by atoms with Gasteiger partial charge in [-0.2, -0.15) is 0 Å². The van der Waals surface area contributed by atoms with Gasteiger partial charge in [0.05, 0.1) is 0 Å². The van der Waals surface area contributed by atoms with Crippen molar-refractivity contribution in [2.45, 2.75) is 0 Å². The van der Waals surface area contributed by atoms with E-state index in [4.69, 9.17) is 9.47 Å². The summed E-state index contributed by atoms with van der Waals surface area (Å²) < 4.78 is 10.4. The number of fused-ring (bicyclic) bond motifs is 1. The first-order chi connectivity index (χ1) is 5.36. The van der Waals surface area contributed by atoms with E-state index in [2.05, 4.69) is 0 Å². The Morgan fingerprint density at radius 2 is 1.82 bits per heavy atom. The van der Waals surface area contributed by atoms with E-state index < -0.39 is 0 Å². The highest BCUT2D eigenvalue weighted by molar-refractivity contribution is 5.45. The maximum atomic E-state index is 10.8. The first-order valence-corrected chi connectivity index (χ1v) is 3.43. The van der Waals surface area contributed by atoms with Crippen LogP contribution in [0.25, 0.3) is 0 Å². The van der Waals surface area contributed by atoms with Crippen molar-refractivity contribution in [1.29, 1.82) is 0 Å². The van der Waals surface area contributed by atoms with Gasteiger partial charge < -0.3 is 9.47 Å². The van der Waals surface area contributed by atoms with E-state index in [1.807, 2.05) is 0 Å². The second-order valence-electron chi connectivity index (χ2n) is 2.31. The maximum Gasteiger partial charge on any atom is 0.182 e. The Balaban J connectivity index is 2.43. The number of rotatable bonds is 0. The lowest BCUT2D eigenvalue weighted by atomic mass is 10.3. The van der Waals surface area contributed by atoms with Gasteiger partial charge in [-0.15, -0.1) is 0 Å². The molecular formula is C8H7O3. The predicted molar refractivity (Wildman–Crippen MR) is 37.6 cm³/mol. The van der Waals surface area contributed by atoms with Crippen molar-refractivity contribution in [2.24, 2.45) is 0 Å². The molecule has 57 valence electrons. The normalized spacial score (nSPS) is 14.5. The second-order valence-corrected chi connectivity index (χ2v) is 2.31. The van der Waals surface area contributed by atoms with Crippen molar-refractivity contribution in [3.05, 3.63) is 18.2 Å². The van der Waals surface area contributed by atoms with Crippen LogP contribution in [0.15, 0.2) is 18.2 Å². The Morgan fingerprint density at radius 1 is 1.09 bits per heavy atom. The zero-order valence-corrected chi connectivity index (χ0v) is 5.87. The lowest BCUT2D eigenvalue weighted by Gasteiger charge is -2.17. The molecule has 0 aliphatic carbocycles. The van der Waals surface area contributed by atoms with Crippen molar-refractivity contribution < 1.29 is 14.6 Å². The molecule has 2 rings (SSSR count). The number of benzene rings is 1. The fourth-order valence-electron chi connectivity index (χ4n) is 1.02. The summed E-state index contributed by atoms with van der Waals surface area (Å²) in [5.74, 6) is 1.17. The average Bonchev–Trinajstić information content (AvgIpc) is 2.04. The van der Waals surface area contributed by atoms with Gasteiger partial charge >= 0.3 is 0 Å². The highest BCUT2D eigenvalue weighted by Gasteiger charge is 2.11. The van der Waals surface area contributed by atoms with Crippen LogP contribution in [-0.4, -0.2) is 13.2 Å². The van der Waals surface area contributed by atoms with Crippen molar-refractivity contribution in [3.8, 4) is 17.2 Å². The molecule has 1 aliphatic rings. The van der Waals surface area contributed by atoms with Crippen molar-refractivity contribution in [2.75, 3.05) is 13.2 Å². The average molecular weight is 151 g/mol. The summed E-state index contributed by atoms with van der Waals surface area (Å²) in [5, 5.41) is 10.8. The molecule has 1 heterocycles. The Hall–Kier alpha value is -1.38. The third-order valence-electron chi connectivity index (χ3n) is 1.51. The van der Waals surface area contributed by atoms with Gasteiger partial charge in [-0.3, -0.25) is 5.11 Å². The fraction of sp³-hybridized carbons (Fsp3) is 0.250. The fourth-order valence-corrected chi connectivity index (χ4v) is 1.02. The molecule has 0 saturated carbocycles. The molecule has 1 aromatic rings. The Bertz CT molecular complexity index is 270. The van der Waals surface area contributed by atoms with Gasteiger partial charge in [-0.1, -0.05) is 0 Å². The summed E-state index contributed by atoms with van der Waals surface area (Å²) in [7, 11) is 0. The molecule has 0 fully saturated rings. The van der Waals surface area contributed by atoms with Crippen LogP contribution in [0.3, 0.4) is 0 Å². The summed E-state index contributed by atoms with van der Waals surface area (Å²) in [6.07, 6.45) is 0. The van der Waals surface area contributed by atoms with E-state index in [9.17, 15) is 5.11 Å². The maximum absolute atomic E-state index is 10.8. The van der Waals surface area contributed by atoms with Crippen molar-refractivity contribution >= 4 is 0 Å². The topological polar surface area (TPSA) is 38.4 Å². The van der Waals surface area contributed by atoms with Gasteiger partial charge in [0.1, 0.15) is 13.2 Å².